The van der Waals surface area contributed by atoms with Crippen LogP contribution in [0.3, 0.4) is 0 Å². The molecule has 1 aliphatic heterocycles. The first-order valence-electron chi connectivity index (χ1n) is 9.21. The number of hydrogen-bond acceptors (Lipinski definition) is 7. The fourth-order valence-corrected chi connectivity index (χ4v) is 4.41. The molecule has 2 heterocycles. The third-order valence-corrected chi connectivity index (χ3v) is 6.03. The first kappa shape index (κ1) is 21.5. The van der Waals surface area contributed by atoms with Gasteiger partial charge in [-0.2, -0.15) is 0 Å². The Kier molecular flexibility index (Phi) is 5.64. The lowest BCUT2D eigenvalue weighted by Crippen LogP contribution is -2.28. The molecule has 1 aromatic heterocycles. The Morgan fingerprint density at radius 3 is 2.72 bits per heavy atom. The Morgan fingerprint density at radius 2 is 2.00 bits per heavy atom. The number of rotatable bonds is 5. The van der Waals surface area contributed by atoms with Crippen molar-refractivity contribution in [3.05, 3.63) is 86.5 Å². The van der Waals surface area contributed by atoms with E-state index in [1.54, 1.807) is 37.3 Å². The van der Waals surface area contributed by atoms with Crippen LogP contribution in [0, 0.1) is 17.0 Å². The zero-order valence-electron chi connectivity index (χ0n) is 16.5. The molecule has 1 amide bonds. The lowest BCUT2D eigenvalue weighted by molar-refractivity contribution is -0.384. The van der Waals surface area contributed by atoms with Crippen LogP contribution < -0.4 is 4.90 Å². The van der Waals surface area contributed by atoms with Crippen LogP contribution in [0.1, 0.15) is 21.7 Å². The van der Waals surface area contributed by atoms with Crippen molar-refractivity contribution in [3.8, 4) is 11.3 Å². The first-order chi connectivity index (χ1) is 15.2. The summed E-state index contributed by atoms with van der Waals surface area (Å²) in [4.78, 5) is 36.5. The molecule has 0 radical (unpaired) electrons. The molecule has 160 valence electrons. The minimum absolute atomic E-state index is 0.0521. The fourth-order valence-electron chi connectivity index (χ4n) is 3.15. The van der Waals surface area contributed by atoms with Gasteiger partial charge < -0.3 is 9.52 Å². The molecule has 1 N–H and O–H groups in total. The van der Waals surface area contributed by atoms with Gasteiger partial charge in [-0.15, -0.1) is 0 Å². The Balaban J connectivity index is 1.63. The number of nitrogens with zero attached hydrogens (tertiary/aromatic N) is 2. The highest BCUT2D eigenvalue weighted by Crippen LogP contribution is 2.38. The second kappa shape index (κ2) is 8.40. The summed E-state index contributed by atoms with van der Waals surface area (Å²) in [5, 5.41) is 20.3. The number of furan rings is 1. The van der Waals surface area contributed by atoms with Crippen molar-refractivity contribution in [2.75, 3.05) is 4.90 Å². The molecule has 3 aromatic rings. The quantitative estimate of drug-likeness (QED) is 0.234. The van der Waals surface area contributed by atoms with Gasteiger partial charge in [0, 0.05) is 23.8 Å². The Labute approximate surface area is 191 Å². The number of aromatic carboxylic acids is 1. The van der Waals surface area contributed by atoms with E-state index in [1.165, 1.54) is 35.2 Å². The summed E-state index contributed by atoms with van der Waals surface area (Å²) in [6, 6.07) is 13.9. The number of aryl methyl sites for hydroxylation is 1. The van der Waals surface area contributed by atoms with E-state index in [4.69, 9.17) is 16.6 Å². The molecule has 0 unspecified atom stereocenters. The number of carbonyl (C=O) groups is 2. The third-order valence-electron chi connectivity index (χ3n) is 4.73. The van der Waals surface area contributed by atoms with E-state index in [2.05, 4.69) is 0 Å². The maximum absolute atomic E-state index is 13.0. The van der Waals surface area contributed by atoms with Crippen molar-refractivity contribution in [1.82, 2.24) is 0 Å². The number of hydrogen-bond donors (Lipinski definition) is 1. The highest BCUT2D eigenvalue weighted by atomic mass is 32.2. The molecule has 2 aromatic carbocycles. The summed E-state index contributed by atoms with van der Waals surface area (Å²) in [6.07, 6.45) is 1.54. The zero-order chi connectivity index (χ0) is 23.0. The number of carboxylic acid groups (broad SMARTS) is 1. The standard InChI is InChI=1S/C22H14N2O6S2/c1-12-5-6-14(21(26)27)10-17(12)23-20(25)19(32-22(23)31)11-16-7-8-18(30-16)13-3-2-4-15(9-13)24(28)29/h2-11H,1H3,(H,26,27). The van der Waals surface area contributed by atoms with Crippen molar-refractivity contribution in [2.24, 2.45) is 0 Å². The van der Waals surface area contributed by atoms with Gasteiger partial charge in [0.15, 0.2) is 4.32 Å². The average Bonchev–Trinajstić information content (AvgIpc) is 3.33. The molecular weight excluding hydrogens is 452 g/mol. The lowest BCUT2D eigenvalue weighted by Gasteiger charge is -2.17. The number of amides is 1. The largest absolute Gasteiger partial charge is 0.478 e. The van der Waals surface area contributed by atoms with Gasteiger partial charge >= 0.3 is 5.97 Å². The van der Waals surface area contributed by atoms with E-state index < -0.39 is 10.9 Å². The van der Waals surface area contributed by atoms with Crippen LogP contribution in [-0.2, 0) is 4.79 Å². The monoisotopic (exact) mass is 466 g/mol. The molecule has 0 spiro atoms. The SMILES string of the molecule is Cc1ccc(C(=O)O)cc1N1C(=O)C(=Cc2ccc(-c3cccc([N+](=O)[O-])c3)o2)SC1=S. The second-order valence-electron chi connectivity index (χ2n) is 6.83. The Morgan fingerprint density at radius 1 is 1.22 bits per heavy atom. The normalized spacial score (nSPS) is 14.9. The van der Waals surface area contributed by atoms with Gasteiger partial charge in [0.2, 0.25) is 0 Å². The summed E-state index contributed by atoms with van der Waals surface area (Å²) in [7, 11) is 0. The predicted octanol–water partition coefficient (Wildman–Crippen LogP) is 5.27. The van der Waals surface area contributed by atoms with Crippen LogP contribution in [0.25, 0.3) is 17.4 Å². The van der Waals surface area contributed by atoms with Crippen LogP contribution >= 0.6 is 24.0 Å². The fraction of sp³-hybridized carbons (Fsp3) is 0.0455. The molecule has 0 aliphatic carbocycles. The van der Waals surface area contributed by atoms with Crippen LogP contribution in [0.5, 0.6) is 0 Å². The minimum Gasteiger partial charge on any atom is -0.478 e. The van der Waals surface area contributed by atoms with E-state index in [0.29, 0.717) is 33.2 Å². The molecule has 10 heteroatoms. The van der Waals surface area contributed by atoms with E-state index >= 15 is 0 Å². The number of thioether (sulfide) groups is 1. The summed E-state index contributed by atoms with van der Waals surface area (Å²) in [5.41, 5.74) is 1.65. The number of carbonyl (C=O) groups excluding carboxylic acids is 1. The number of carboxylic acids is 1. The average molecular weight is 466 g/mol. The third kappa shape index (κ3) is 4.05. The highest BCUT2D eigenvalue weighted by molar-refractivity contribution is 8.27. The van der Waals surface area contributed by atoms with E-state index in [1.807, 2.05) is 0 Å². The molecule has 4 rings (SSSR count). The number of benzene rings is 2. The van der Waals surface area contributed by atoms with Crippen LogP contribution in [0.2, 0.25) is 0 Å². The first-order valence-corrected chi connectivity index (χ1v) is 10.4. The zero-order valence-corrected chi connectivity index (χ0v) is 18.1. The topological polar surface area (TPSA) is 114 Å². The van der Waals surface area contributed by atoms with Gasteiger partial charge in [-0.05, 0) is 36.8 Å². The molecular formula is C22H14N2O6S2. The van der Waals surface area contributed by atoms with E-state index in [0.717, 1.165) is 11.8 Å². The number of anilines is 1. The summed E-state index contributed by atoms with van der Waals surface area (Å²) in [5.74, 6) is -0.695. The molecule has 1 aliphatic rings. The van der Waals surface area contributed by atoms with Crippen LogP contribution in [0.15, 0.2) is 63.9 Å². The molecule has 1 saturated heterocycles. The van der Waals surface area contributed by atoms with Crippen molar-refractivity contribution in [1.29, 1.82) is 0 Å². The summed E-state index contributed by atoms with van der Waals surface area (Å²) >= 11 is 6.45. The predicted molar refractivity (Wildman–Crippen MR) is 125 cm³/mol. The number of nitro benzene ring substituents is 1. The number of nitro groups is 1. The maximum atomic E-state index is 13.0. The van der Waals surface area contributed by atoms with Gasteiger partial charge in [-0.25, -0.2) is 4.79 Å². The second-order valence-corrected chi connectivity index (χ2v) is 8.51. The van der Waals surface area contributed by atoms with Gasteiger partial charge in [0.25, 0.3) is 11.6 Å². The molecule has 32 heavy (non-hydrogen) atoms. The number of non-ortho nitro benzene ring substituents is 1. The highest BCUT2D eigenvalue weighted by Gasteiger charge is 2.34. The van der Waals surface area contributed by atoms with Gasteiger partial charge in [-0.3, -0.25) is 19.8 Å². The van der Waals surface area contributed by atoms with Crippen molar-refractivity contribution in [2.45, 2.75) is 6.92 Å². The van der Waals surface area contributed by atoms with Crippen molar-refractivity contribution >= 4 is 57.6 Å². The van der Waals surface area contributed by atoms with Crippen LogP contribution in [0.4, 0.5) is 11.4 Å². The van der Waals surface area contributed by atoms with Crippen molar-refractivity contribution < 1.29 is 24.0 Å². The maximum Gasteiger partial charge on any atom is 0.335 e. The molecule has 0 atom stereocenters. The number of thiocarbonyl (C=S) groups is 1. The molecule has 1 fully saturated rings. The van der Waals surface area contributed by atoms with Gasteiger partial charge in [0.05, 0.1) is 21.1 Å². The molecule has 8 nitrogen and oxygen atoms in total. The Hall–Kier alpha value is -3.76. The van der Waals surface area contributed by atoms with E-state index in [-0.39, 0.29) is 21.5 Å². The molecule has 0 bridgehead atoms. The summed E-state index contributed by atoms with van der Waals surface area (Å²) < 4.78 is 6.04. The van der Waals surface area contributed by atoms with Gasteiger partial charge in [0.1, 0.15) is 11.5 Å². The Bertz CT molecular complexity index is 1330. The smallest absolute Gasteiger partial charge is 0.335 e. The lowest BCUT2D eigenvalue weighted by atomic mass is 10.1. The van der Waals surface area contributed by atoms with Crippen LogP contribution in [-0.4, -0.2) is 26.2 Å². The van der Waals surface area contributed by atoms with E-state index in [9.17, 15) is 24.8 Å². The summed E-state index contributed by atoms with van der Waals surface area (Å²) in [6.45, 7) is 1.76. The minimum atomic E-state index is -1.10. The molecule has 0 saturated carbocycles. The van der Waals surface area contributed by atoms with Gasteiger partial charge in [-0.1, -0.05) is 42.2 Å². The van der Waals surface area contributed by atoms with Crippen molar-refractivity contribution in [3.63, 3.8) is 0 Å².